The van der Waals surface area contributed by atoms with E-state index in [9.17, 15) is 4.39 Å². The quantitative estimate of drug-likeness (QED) is 0.903. The maximum atomic E-state index is 13.5. The van der Waals surface area contributed by atoms with E-state index in [0.29, 0.717) is 10.4 Å². The van der Waals surface area contributed by atoms with E-state index in [2.05, 4.69) is 21.2 Å². The van der Waals surface area contributed by atoms with Gasteiger partial charge < -0.3 is 10.1 Å². The molecule has 1 fully saturated rings. The SMILES string of the molecule is COc1cc(Br)c(F)cc1C1CCCNC1. The summed E-state index contributed by atoms with van der Waals surface area (Å²) in [5, 5.41) is 3.33. The zero-order valence-electron chi connectivity index (χ0n) is 9.22. The van der Waals surface area contributed by atoms with E-state index in [1.165, 1.54) is 0 Å². The summed E-state index contributed by atoms with van der Waals surface area (Å²) in [6, 6.07) is 3.29. The molecule has 0 aliphatic carbocycles. The van der Waals surface area contributed by atoms with Crippen molar-refractivity contribution in [1.82, 2.24) is 5.32 Å². The second kappa shape index (κ2) is 5.15. The van der Waals surface area contributed by atoms with Crippen LogP contribution in [0.1, 0.15) is 24.3 Å². The van der Waals surface area contributed by atoms with E-state index >= 15 is 0 Å². The van der Waals surface area contributed by atoms with Crippen LogP contribution in [-0.4, -0.2) is 20.2 Å². The molecule has 0 radical (unpaired) electrons. The van der Waals surface area contributed by atoms with Crippen LogP contribution in [0.25, 0.3) is 0 Å². The lowest BCUT2D eigenvalue weighted by Gasteiger charge is -2.24. The van der Waals surface area contributed by atoms with Gasteiger partial charge in [-0.2, -0.15) is 0 Å². The molecule has 1 atom stereocenters. The van der Waals surface area contributed by atoms with Crippen molar-refractivity contribution in [1.29, 1.82) is 0 Å². The van der Waals surface area contributed by atoms with Gasteiger partial charge in [-0.1, -0.05) is 0 Å². The zero-order chi connectivity index (χ0) is 11.5. The first-order valence-electron chi connectivity index (χ1n) is 5.46. The van der Waals surface area contributed by atoms with E-state index < -0.39 is 0 Å². The molecule has 2 rings (SSSR count). The summed E-state index contributed by atoms with van der Waals surface area (Å²) in [6.45, 7) is 1.95. The normalized spacial score (nSPS) is 20.8. The molecule has 1 aromatic carbocycles. The van der Waals surface area contributed by atoms with Crippen molar-refractivity contribution in [2.75, 3.05) is 20.2 Å². The Morgan fingerprint density at radius 2 is 2.31 bits per heavy atom. The Balaban J connectivity index is 2.33. The molecule has 1 N–H and O–H groups in total. The van der Waals surface area contributed by atoms with Crippen LogP contribution in [0.15, 0.2) is 16.6 Å². The van der Waals surface area contributed by atoms with Gasteiger partial charge >= 0.3 is 0 Å². The van der Waals surface area contributed by atoms with Gasteiger partial charge in [-0.25, -0.2) is 4.39 Å². The molecular weight excluding hydrogens is 273 g/mol. The summed E-state index contributed by atoms with van der Waals surface area (Å²) >= 11 is 3.17. The van der Waals surface area contributed by atoms with Crippen molar-refractivity contribution in [3.05, 3.63) is 28.0 Å². The smallest absolute Gasteiger partial charge is 0.137 e. The number of nitrogens with one attached hydrogen (secondary N) is 1. The Morgan fingerprint density at radius 1 is 1.50 bits per heavy atom. The number of ether oxygens (including phenoxy) is 1. The first-order valence-corrected chi connectivity index (χ1v) is 6.25. The lowest BCUT2D eigenvalue weighted by Crippen LogP contribution is -2.28. The Hall–Kier alpha value is -0.610. The van der Waals surface area contributed by atoms with E-state index in [0.717, 1.165) is 37.2 Å². The molecule has 88 valence electrons. The number of hydrogen-bond acceptors (Lipinski definition) is 2. The van der Waals surface area contributed by atoms with Crippen LogP contribution in [0.2, 0.25) is 0 Å². The van der Waals surface area contributed by atoms with E-state index in [4.69, 9.17) is 4.74 Å². The number of piperidine rings is 1. The molecule has 0 spiro atoms. The predicted molar refractivity (Wildman–Crippen MR) is 65.5 cm³/mol. The molecule has 16 heavy (non-hydrogen) atoms. The Bertz CT molecular complexity index is 378. The summed E-state index contributed by atoms with van der Waals surface area (Å²) in [6.07, 6.45) is 2.22. The first kappa shape index (κ1) is 11.9. The van der Waals surface area contributed by atoms with Crippen LogP contribution < -0.4 is 10.1 Å². The maximum absolute atomic E-state index is 13.5. The van der Waals surface area contributed by atoms with Crippen molar-refractivity contribution >= 4 is 15.9 Å². The van der Waals surface area contributed by atoms with Gasteiger partial charge in [-0.15, -0.1) is 0 Å². The molecule has 1 saturated heterocycles. The molecule has 1 aliphatic rings. The topological polar surface area (TPSA) is 21.3 Å². The fourth-order valence-electron chi connectivity index (χ4n) is 2.16. The maximum Gasteiger partial charge on any atom is 0.137 e. The summed E-state index contributed by atoms with van der Waals surface area (Å²) in [4.78, 5) is 0. The van der Waals surface area contributed by atoms with Gasteiger partial charge in [0.05, 0.1) is 11.6 Å². The lowest BCUT2D eigenvalue weighted by molar-refractivity contribution is 0.390. The highest BCUT2D eigenvalue weighted by Crippen LogP contribution is 2.34. The Morgan fingerprint density at radius 3 is 2.94 bits per heavy atom. The van der Waals surface area contributed by atoms with Gasteiger partial charge in [-0.05, 0) is 47.4 Å². The molecule has 0 bridgehead atoms. The van der Waals surface area contributed by atoms with Gasteiger partial charge in [-0.3, -0.25) is 0 Å². The zero-order valence-corrected chi connectivity index (χ0v) is 10.8. The van der Waals surface area contributed by atoms with E-state index in [1.54, 1.807) is 19.2 Å². The summed E-state index contributed by atoms with van der Waals surface area (Å²) in [5.74, 6) is 0.898. The monoisotopic (exact) mass is 287 g/mol. The minimum absolute atomic E-state index is 0.221. The third-order valence-electron chi connectivity index (χ3n) is 3.01. The predicted octanol–water partition coefficient (Wildman–Crippen LogP) is 3.06. The highest BCUT2D eigenvalue weighted by molar-refractivity contribution is 9.10. The standard InChI is InChI=1S/C12H15BrFNO/c1-16-12-6-10(13)11(14)5-9(12)8-3-2-4-15-7-8/h5-6,8,15H,2-4,7H2,1H3. The average molecular weight is 288 g/mol. The van der Waals surface area contributed by atoms with E-state index in [1.807, 2.05) is 0 Å². The van der Waals surface area contributed by atoms with Gasteiger partial charge in [0.2, 0.25) is 0 Å². The largest absolute Gasteiger partial charge is 0.496 e. The fraction of sp³-hybridized carbons (Fsp3) is 0.500. The summed E-state index contributed by atoms with van der Waals surface area (Å²) < 4.78 is 19.3. The molecule has 1 aliphatic heterocycles. The number of hydrogen-bond donors (Lipinski definition) is 1. The number of halogens is 2. The van der Waals surface area contributed by atoms with Gasteiger partial charge in [0.25, 0.3) is 0 Å². The Kier molecular flexibility index (Phi) is 3.82. The lowest BCUT2D eigenvalue weighted by atomic mass is 9.91. The molecule has 1 aromatic rings. The molecule has 1 unspecified atom stereocenters. The Labute approximate surface area is 103 Å². The fourth-order valence-corrected chi connectivity index (χ4v) is 2.48. The minimum atomic E-state index is -0.221. The van der Waals surface area contributed by atoms with Gasteiger partial charge in [0.15, 0.2) is 0 Å². The van der Waals surface area contributed by atoms with Crippen LogP contribution >= 0.6 is 15.9 Å². The van der Waals surface area contributed by atoms with Crippen LogP contribution in [0.5, 0.6) is 5.75 Å². The number of rotatable bonds is 2. The molecule has 2 nitrogen and oxygen atoms in total. The second-order valence-corrected chi connectivity index (χ2v) is 4.91. The highest BCUT2D eigenvalue weighted by atomic mass is 79.9. The molecular formula is C12H15BrFNO. The minimum Gasteiger partial charge on any atom is -0.496 e. The van der Waals surface area contributed by atoms with Crippen molar-refractivity contribution in [2.24, 2.45) is 0 Å². The average Bonchev–Trinajstić information content (AvgIpc) is 2.33. The van der Waals surface area contributed by atoms with Crippen LogP contribution in [0.3, 0.4) is 0 Å². The number of methoxy groups -OCH3 is 1. The molecule has 0 amide bonds. The summed E-state index contributed by atoms with van der Waals surface area (Å²) in [5.41, 5.74) is 0.968. The van der Waals surface area contributed by atoms with Crippen LogP contribution in [0.4, 0.5) is 4.39 Å². The van der Waals surface area contributed by atoms with Crippen molar-refractivity contribution in [2.45, 2.75) is 18.8 Å². The van der Waals surface area contributed by atoms with Crippen LogP contribution in [0, 0.1) is 5.82 Å². The van der Waals surface area contributed by atoms with Crippen molar-refractivity contribution < 1.29 is 9.13 Å². The summed E-state index contributed by atoms with van der Waals surface area (Å²) in [7, 11) is 1.62. The molecule has 0 aromatic heterocycles. The van der Waals surface area contributed by atoms with Crippen LogP contribution in [-0.2, 0) is 0 Å². The van der Waals surface area contributed by atoms with Gasteiger partial charge in [0, 0.05) is 18.0 Å². The number of benzene rings is 1. The highest BCUT2D eigenvalue weighted by Gasteiger charge is 2.20. The molecule has 1 heterocycles. The van der Waals surface area contributed by atoms with Gasteiger partial charge in [0.1, 0.15) is 11.6 Å². The molecule has 4 heteroatoms. The van der Waals surface area contributed by atoms with Crippen molar-refractivity contribution in [3.63, 3.8) is 0 Å². The second-order valence-electron chi connectivity index (χ2n) is 4.05. The third-order valence-corrected chi connectivity index (χ3v) is 3.62. The molecule has 0 saturated carbocycles. The third kappa shape index (κ3) is 2.38. The van der Waals surface area contributed by atoms with E-state index in [-0.39, 0.29) is 5.82 Å². The van der Waals surface area contributed by atoms with Crippen molar-refractivity contribution in [3.8, 4) is 5.75 Å². The first-order chi connectivity index (χ1) is 7.72.